The molecule has 0 saturated carbocycles. The minimum absolute atomic E-state index is 0. The Bertz CT molecular complexity index is 372. The number of guanidine groups is 2. The molecule has 0 fully saturated rings. The first-order valence-electron chi connectivity index (χ1n) is 4.50. The van der Waals surface area contributed by atoms with Gasteiger partial charge in [0.05, 0.1) is 5.69 Å². The van der Waals surface area contributed by atoms with Gasteiger partial charge in [-0.2, -0.15) is 4.99 Å². The Hall–Kier alpha value is -1.75. The van der Waals surface area contributed by atoms with E-state index in [0.717, 1.165) is 5.69 Å². The van der Waals surface area contributed by atoms with Crippen molar-refractivity contribution in [2.24, 2.45) is 21.5 Å². The van der Waals surface area contributed by atoms with E-state index >= 15 is 0 Å². The predicted molar refractivity (Wildman–Crippen MR) is 70.3 cm³/mol. The molecule has 88 valence electrons. The third-order valence-electron chi connectivity index (χ3n) is 1.69. The summed E-state index contributed by atoms with van der Waals surface area (Å²) in [5.41, 5.74) is 11.9. The number of aliphatic imine (C=N–C) groups is 2. The summed E-state index contributed by atoms with van der Waals surface area (Å²) in [4.78, 5) is 9.66. The molecule has 4 N–H and O–H groups in total. The van der Waals surface area contributed by atoms with Crippen LogP contribution in [0, 0.1) is 0 Å². The van der Waals surface area contributed by atoms with Crippen LogP contribution in [-0.4, -0.2) is 30.9 Å². The lowest BCUT2D eigenvalue weighted by atomic mass is 10.3. The zero-order chi connectivity index (χ0) is 11.3. The fraction of sp³-hybridized carbons (Fsp3) is 0.200. The highest BCUT2D eigenvalue weighted by molar-refractivity contribution is 5.94. The van der Waals surface area contributed by atoms with Crippen molar-refractivity contribution in [2.45, 2.75) is 0 Å². The smallest absolute Gasteiger partial charge is 0.223 e. The van der Waals surface area contributed by atoms with Crippen molar-refractivity contribution in [1.29, 1.82) is 0 Å². The van der Waals surface area contributed by atoms with E-state index in [0.29, 0.717) is 5.96 Å². The lowest BCUT2D eigenvalue weighted by Gasteiger charge is -2.09. The van der Waals surface area contributed by atoms with Crippen LogP contribution in [-0.2, 0) is 0 Å². The number of rotatable bonds is 1. The van der Waals surface area contributed by atoms with Gasteiger partial charge < -0.3 is 16.4 Å². The first-order valence-corrected chi connectivity index (χ1v) is 4.50. The maximum absolute atomic E-state index is 5.60. The van der Waals surface area contributed by atoms with E-state index in [2.05, 4.69) is 9.98 Å². The standard InChI is InChI=1S/C10H15N5.ClH/c1-15(2)10(12)14-9(11)13-8-6-4-3-5-7-8;/h3-7H,1-2H3,(H4,11,12,13,14);1H. The SMILES string of the molecule is CN(C)/C(N)=N\C(N)=Nc1ccccc1.Cl. The highest BCUT2D eigenvalue weighted by atomic mass is 35.5. The summed E-state index contributed by atoms with van der Waals surface area (Å²) in [6, 6.07) is 9.35. The van der Waals surface area contributed by atoms with Crippen molar-refractivity contribution < 1.29 is 0 Å². The van der Waals surface area contributed by atoms with E-state index in [9.17, 15) is 0 Å². The van der Waals surface area contributed by atoms with Crippen molar-refractivity contribution in [2.75, 3.05) is 14.1 Å². The van der Waals surface area contributed by atoms with Crippen molar-refractivity contribution in [3.63, 3.8) is 0 Å². The molecule has 0 amide bonds. The molecule has 0 aliphatic heterocycles. The number of para-hydroxylation sites is 1. The van der Waals surface area contributed by atoms with E-state index in [1.807, 2.05) is 30.3 Å². The van der Waals surface area contributed by atoms with Gasteiger partial charge in [0.1, 0.15) is 0 Å². The van der Waals surface area contributed by atoms with Crippen LogP contribution in [0.15, 0.2) is 40.3 Å². The minimum Gasteiger partial charge on any atom is -0.369 e. The topological polar surface area (TPSA) is 80.0 Å². The van der Waals surface area contributed by atoms with Gasteiger partial charge in [-0.3, -0.25) is 0 Å². The minimum atomic E-state index is 0. The largest absolute Gasteiger partial charge is 0.369 e. The van der Waals surface area contributed by atoms with Crippen LogP contribution in [0.3, 0.4) is 0 Å². The van der Waals surface area contributed by atoms with Crippen LogP contribution in [0.2, 0.25) is 0 Å². The van der Waals surface area contributed by atoms with E-state index in [4.69, 9.17) is 11.5 Å². The zero-order valence-corrected chi connectivity index (χ0v) is 10.1. The molecule has 0 aromatic heterocycles. The first kappa shape index (κ1) is 14.2. The molecule has 1 aromatic rings. The molecule has 0 spiro atoms. The summed E-state index contributed by atoms with van der Waals surface area (Å²) < 4.78 is 0. The van der Waals surface area contributed by atoms with Crippen LogP contribution >= 0.6 is 12.4 Å². The highest BCUT2D eigenvalue weighted by Gasteiger charge is 1.96. The average Bonchev–Trinajstić information content (AvgIpc) is 2.18. The van der Waals surface area contributed by atoms with Crippen molar-refractivity contribution >= 4 is 30.0 Å². The van der Waals surface area contributed by atoms with Gasteiger partial charge in [0.25, 0.3) is 0 Å². The lowest BCUT2D eigenvalue weighted by Crippen LogP contribution is -2.32. The molecule has 0 bridgehead atoms. The number of hydrogen-bond acceptors (Lipinski definition) is 1. The molecular weight excluding hydrogens is 226 g/mol. The molecule has 1 rings (SSSR count). The van der Waals surface area contributed by atoms with Gasteiger partial charge in [-0.1, -0.05) is 18.2 Å². The van der Waals surface area contributed by atoms with E-state index in [1.54, 1.807) is 19.0 Å². The third-order valence-corrected chi connectivity index (χ3v) is 1.69. The Morgan fingerprint density at radius 3 is 2.19 bits per heavy atom. The normalized spacial score (nSPS) is 11.9. The monoisotopic (exact) mass is 241 g/mol. The highest BCUT2D eigenvalue weighted by Crippen LogP contribution is 2.09. The van der Waals surface area contributed by atoms with Crippen LogP contribution in [0.5, 0.6) is 0 Å². The molecule has 0 atom stereocenters. The van der Waals surface area contributed by atoms with E-state index in [-0.39, 0.29) is 18.4 Å². The summed E-state index contributed by atoms with van der Waals surface area (Å²) in [6.45, 7) is 0. The Kier molecular flexibility index (Phi) is 5.95. The second-order valence-corrected chi connectivity index (χ2v) is 3.17. The van der Waals surface area contributed by atoms with Crippen molar-refractivity contribution in [1.82, 2.24) is 4.90 Å². The van der Waals surface area contributed by atoms with Gasteiger partial charge in [-0.25, -0.2) is 4.99 Å². The number of nitrogens with two attached hydrogens (primary N) is 2. The summed E-state index contributed by atoms with van der Waals surface area (Å²) in [6.07, 6.45) is 0. The fourth-order valence-electron chi connectivity index (χ4n) is 0.877. The molecule has 6 heteroatoms. The summed E-state index contributed by atoms with van der Waals surface area (Å²) >= 11 is 0. The Morgan fingerprint density at radius 2 is 1.69 bits per heavy atom. The average molecular weight is 242 g/mol. The molecule has 16 heavy (non-hydrogen) atoms. The summed E-state index contributed by atoms with van der Waals surface area (Å²) in [5, 5.41) is 0. The van der Waals surface area contributed by atoms with Crippen LogP contribution in [0.1, 0.15) is 0 Å². The molecular formula is C10H16ClN5. The second kappa shape index (κ2) is 6.68. The summed E-state index contributed by atoms with van der Waals surface area (Å²) in [5.74, 6) is 0.472. The van der Waals surface area contributed by atoms with E-state index < -0.39 is 0 Å². The number of hydrogen-bond donors (Lipinski definition) is 2. The Labute approximate surface area is 101 Å². The maximum atomic E-state index is 5.60. The molecule has 0 aliphatic carbocycles. The van der Waals surface area contributed by atoms with E-state index in [1.165, 1.54) is 0 Å². The van der Waals surface area contributed by atoms with Gasteiger partial charge in [0, 0.05) is 14.1 Å². The third kappa shape index (κ3) is 4.65. The maximum Gasteiger partial charge on any atom is 0.223 e. The van der Waals surface area contributed by atoms with Crippen LogP contribution in [0.25, 0.3) is 0 Å². The molecule has 0 radical (unpaired) electrons. The number of nitrogens with zero attached hydrogens (tertiary/aromatic N) is 3. The fourth-order valence-corrected chi connectivity index (χ4v) is 0.877. The summed E-state index contributed by atoms with van der Waals surface area (Å²) in [7, 11) is 3.57. The van der Waals surface area contributed by atoms with Gasteiger partial charge in [-0.05, 0) is 12.1 Å². The number of halogens is 1. The predicted octanol–water partition coefficient (Wildman–Crippen LogP) is 0.931. The van der Waals surface area contributed by atoms with Gasteiger partial charge in [-0.15, -0.1) is 12.4 Å². The van der Waals surface area contributed by atoms with Gasteiger partial charge >= 0.3 is 0 Å². The van der Waals surface area contributed by atoms with Gasteiger partial charge in [0.15, 0.2) is 5.96 Å². The molecule has 0 unspecified atom stereocenters. The van der Waals surface area contributed by atoms with Crippen LogP contribution in [0.4, 0.5) is 5.69 Å². The second-order valence-electron chi connectivity index (χ2n) is 3.17. The van der Waals surface area contributed by atoms with Gasteiger partial charge in [0.2, 0.25) is 5.96 Å². The quantitative estimate of drug-likeness (QED) is 0.567. The van der Waals surface area contributed by atoms with Crippen molar-refractivity contribution in [3.8, 4) is 0 Å². The molecule has 1 aromatic carbocycles. The Balaban J connectivity index is 0.00000225. The molecule has 0 heterocycles. The van der Waals surface area contributed by atoms with Crippen LogP contribution < -0.4 is 11.5 Å². The first-order chi connectivity index (χ1) is 7.09. The molecule has 5 nitrogen and oxygen atoms in total. The Morgan fingerprint density at radius 1 is 1.12 bits per heavy atom. The molecule has 0 saturated heterocycles. The number of benzene rings is 1. The zero-order valence-electron chi connectivity index (χ0n) is 9.29. The van der Waals surface area contributed by atoms with Crippen molar-refractivity contribution in [3.05, 3.63) is 30.3 Å². The molecule has 0 aliphatic rings. The lowest BCUT2D eigenvalue weighted by molar-refractivity contribution is 0.615.